The summed E-state index contributed by atoms with van der Waals surface area (Å²) in [6.45, 7) is 5.77. The molecule has 0 rings (SSSR count). The molecule has 0 amide bonds. The maximum absolute atomic E-state index is 11.1. The third-order valence-electron chi connectivity index (χ3n) is 1.79. The molecule has 0 fully saturated rings. The molecule has 2 heteroatoms. The van der Waals surface area contributed by atoms with E-state index < -0.39 is 0 Å². The number of carbonyl (C=O) groups is 1. The van der Waals surface area contributed by atoms with Gasteiger partial charge in [-0.2, -0.15) is 0 Å². The van der Waals surface area contributed by atoms with Gasteiger partial charge in [0, 0.05) is 18.4 Å². The van der Waals surface area contributed by atoms with Crippen molar-refractivity contribution in [3.05, 3.63) is 0 Å². The number of hydrogen-bond donors (Lipinski definition) is 1. The first-order valence-corrected chi connectivity index (χ1v) is 3.87. The first-order valence-electron chi connectivity index (χ1n) is 3.87. The molecule has 2 atom stereocenters. The van der Waals surface area contributed by atoms with E-state index in [1.165, 1.54) is 0 Å². The van der Waals surface area contributed by atoms with Gasteiger partial charge in [0.2, 0.25) is 0 Å². The van der Waals surface area contributed by atoms with Crippen molar-refractivity contribution >= 4 is 5.78 Å². The average Bonchev–Trinajstić information content (AvgIpc) is 1.87. The molecule has 0 aromatic rings. The van der Waals surface area contributed by atoms with Crippen LogP contribution in [0.5, 0.6) is 0 Å². The second-order valence-corrected chi connectivity index (χ2v) is 2.86. The van der Waals surface area contributed by atoms with E-state index in [4.69, 9.17) is 5.73 Å². The molecular formula is C8H17NO. The first kappa shape index (κ1) is 9.63. The van der Waals surface area contributed by atoms with Crippen LogP contribution >= 0.6 is 0 Å². The summed E-state index contributed by atoms with van der Waals surface area (Å²) in [4.78, 5) is 11.1. The summed E-state index contributed by atoms with van der Waals surface area (Å²) in [5.74, 6) is 0.317. The van der Waals surface area contributed by atoms with Gasteiger partial charge in [0.15, 0.2) is 0 Å². The second-order valence-electron chi connectivity index (χ2n) is 2.86. The van der Waals surface area contributed by atoms with Crippen LogP contribution in [-0.4, -0.2) is 11.8 Å². The largest absolute Gasteiger partial charge is 0.327 e. The molecule has 2 N–H and O–H groups in total. The van der Waals surface area contributed by atoms with Crippen molar-refractivity contribution in [3.63, 3.8) is 0 Å². The molecule has 0 saturated heterocycles. The topological polar surface area (TPSA) is 43.1 Å². The predicted molar refractivity (Wildman–Crippen MR) is 42.7 cm³/mol. The normalized spacial score (nSPS) is 16.4. The Morgan fingerprint density at radius 2 is 2.00 bits per heavy atom. The van der Waals surface area contributed by atoms with Crippen LogP contribution in [0.2, 0.25) is 0 Å². The molecule has 60 valence electrons. The standard InChI is InChI=1S/C8H17NO/c1-4-5-8(10)6(2)7(3)9/h6-7H,4-5,9H2,1-3H3. The maximum Gasteiger partial charge on any atom is 0.137 e. The predicted octanol–water partition coefficient (Wildman–Crippen LogP) is 1.34. The van der Waals surface area contributed by atoms with Gasteiger partial charge in [-0.3, -0.25) is 4.79 Å². The number of Topliss-reactive ketones (excluding diaryl/α,β-unsaturated/α-hetero) is 1. The first-order chi connectivity index (χ1) is 4.59. The van der Waals surface area contributed by atoms with Gasteiger partial charge < -0.3 is 5.73 Å². The molecule has 2 unspecified atom stereocenters. The molecule has 0 aromatic heterocycles. The van der Waals surface area contributed by atoms with Gasteiger partial charge in [-0.25, -0.2) is 0 Å². The van der Waals surface area contributed by atoms with Crippen molar-refractivity contribution in [2.24, 2.45) is 11.7 Å². The Morgan fingerprint density at radius 3 is 2.30 bits per heavy atom. The van der Waals surface area contributed by atoms with E-state index in [0.29, 0.717) is 6.42 Å². The monoisotopic (exact) mass is 143 g/mol. The van der Waals surface area contributed by atoms with Gasteiger partial charge in [0.25, 0.3) is 0 Å². The lowest BCUT2D eigenvalue weighted by Crippen LogP contribution is -2.30. The van der Waals surface area contributed by atoms with Crippen LogP contribution in [0, 0.1) is 5.92 Å². The van der Waals surface area contributed by atoms with E-state index in [9.17, 15) is 4.79 Å². The molecule has 0 aliphatic heterocycles. The van der Waals surface area contributed by atoms with Crippen molar-refractivity contribution in [2.75, 3.05) is 0 Å². The third-order valence-corrected chi connectivity index (χ3v) is 1.79. The Labute approximate surface area is 62.8 Å². The molecule has 0 spiro atoms. The fourth-order valence-electron chi connectivity index (χ4n) is 0.767. The highest BCUT2D eigenvalue weighted by Gasteiger charge is 2.14. The number of nitrogens with two attached hydrogens (primary N) is 1. The number of hydrogen-bond acceptors (Lipinski definition) is 2. The minimum atomic E-state index is -0.000880. The zero-order chi connectivity index (χ0) is 8.15. The summed E-state index contributed by atoms with van der Waals surface area (Å²) in [6, 6.07) is -0.000880. The Bertz CT molecular complexity index is 110. The lowest BCUT2D eigenvalue weighted by Gasteiger charge is -2.12. The minimum Gasteiger partial charge on any atom is -0.327 e. The van der Waals surface area contributed by atoms with Crippen LogP contribution in [0.1, 0.15) is 33.6 Å². The summed E-state index contributed by atoms with van der Waals surface area (Å²) < 4.78 is 0. The van der Waals surface area contributed by atoms with Gasteiger partial charge >= 0.3 is 0 Å². The molecular weight excluding hydrogens is 126 g/mol. The maximum atomic E-state index is 11.1. The molecule has 2 nitrogen and oxygen atoms in total. The molecule has 0 aromatic carbocycles. The molecule has 0 bridgehead atoms. The summed E-state index contributed by atoms with van der Waals surface area (Å²) in [5.41, 5.74) is 5.55. The van der Waals surface area contributed by atoms with Crippen molar-refractivity contribution < 1.29 is 4.79 Å². The van der Waals surface area contributed by atoms with E-state index in [1.54, 1.807) is 0 Å². The molecule has 0 aliphatic carbocycles. The van der Waals surface area contributed by atoms with Gasteiger partial charge in [0.05, 0.1) is 0 Å². The fraction of sp³-hybridized carbons (Fsp3) is 0.875. The van der Waals surface area contributed by atoms with E-state index >= 15 is 0 Å². The van der Waals surface area contributed by atoms with Gasteiger partial charge in [-0.1, -0.05) is 13.8 Å². The van der Waals surface area contributed by atoms with Crippen molar-refractivity contribution in [2.45, 2.75) is 39.7 Å². The Hall–Kier alpha value is -0.370. The van der Waals surface area contributed by atoms with E-state index in [1.807, 2.05) is 20.8 Å². The SMILES string of the molecule is CCCC(=O)C(C)C(C)N. The highest BCUT2D eigenvalue weighted by molar-refractivity contribution is 5.81. The third kappa shape index (κ3) is 2.97. The van der Waals surface area contributed by atoms with Crippen molar-refractivity contribution in [3.8, 4) is 0 Å². The zero-order valence-electron chi connectivity index (χ0n) is 7.05. The highest BCUT2D eigenvalue weighted by atomic mass is 16.1. The second kappa shape index (κ2) is 4.45. The van der Waals surface area contributed by atoms with Crippen LogP contribution in [0.25, 0.3) is 0 Å². The van der Waals surface area contributed by atoms with Gasteiger partial charge in [-0.05, 0) is 13.3 Å². The Morgan fingerprint density at radius 1 is 1.50 bits per heavy atom. The molecule has 0 aliphatic rings. The zero-order valence-corrected chi connectivity index (χ0v) is 7.05. The lowest BCUT2D eigenvalue weighted by atomic mass is 9.96. The average molecular weight is 143 g/mol. The Balaban J connectivity index is 3.71. The van der Waals surface area contributed by atoms with Gasteiger partial charge in [0.1, 0.15) is 5.78 Å². The Kier molecular flexibility index (Phi) is 4.28. The molecule has 10 heavy (non-hydrogen) atoms. The van der Waals surface area contributed by atoms with Crippen LogP contribution in [0.15, 0.2) is 0 Å². The lowest BCUT2D eigenvalue weighted by molar-refractivity contribution is -0.122. The quantitative estimate of drug-likeness (QED) is 0.645. The summed E-state index contributed by atoms with van der Waals surface area (Å²) in [6.07, 6.45) is 1.60. The van der Waals surface area contributed by atoms with Crippen LogP contribution in [0.4, 0.5) is 0 Å². The smallest absolute Gasteiger partial charge is 0.137 e. The summed E-state index contributed by atoms with van der Waals surface area (Å²) in [7, 11) is 0. The summed E-state index contributed by atoms with van der Waals surface area (Å²) >= 11 is 0. The van der Waals surface area contributed by atoms with E-state index in [0.717, 1.165) is 6.42 Å². The molecule has 0 radical (unpaired) electrons. The number of rotatable bonds is 4. The molecule has 0 saturated carbocycles. The molecule has 0 heterocycles. The number of ketones is 1. The van der Waals surface area contributed by atoms with Crippen LogP contribution in [0.3, 0.4) is 0 Å². The highest BCUT2D eigenvalue weighted by Crippen LogP contribution is 2.05. The summed E-state index contributed by atoms with van der Waals surface area (Å²) in [5, 5.41) is 0. The van der Waals surface area contributed by atoms with E-state index in [2.05, 4.69) is 0 Å². The van der Waals surface area contributed by atoms with E-state index in [-0.39, 0.29) is 17.7 Å². The van der Waals surface area contributed by atoms with Gasteiger partial charge in [-0.15, -0.1) is 0 Å². The fourth-order valence-corrected chi connectivity index (χ4v) is 0.767. The minimum absolute atomic E-state index is 0.000880. The van der Waals surface area contributed by atoms with Crippen molar-refractivity contribution in [1.29, 1.82) is 0 Å². The van der Waals surface area contributed by atoms with Crippen LogP contribution in [-0.2, 0) is 4.79 Å². The van der Waals surface area contributed by atoms with Crippen molar-refractivity contribution in [1.82, 2.24) is 0 Å². The number of carbonyl (C=O) groups excluding carboxylic acids is 1. The van der Waals surface area contributed by atoms with Crippen LogP contribution < -0.4 is 5.73 Å².